The molecule has 0 aliphatic carbocycles. The van der Waals surface area contributed by atoms with E-state index in [0.29, 0.717) is 11.1 Å². The van der Waals surface area contributed by atoms with E-state index in [1.54, 1.807) is 0 Å². The number of H-pyrrole nitrogens is 2. The van der Waals surface area contributed by atoms with Gasteiger partial charge in [0, 0.05) is 4.43 Å². The van der Waals surface area contributed by atoms with E-state index in [1.807, 2.05) is 22.6 Å². The van der Waals surface area contributed by atoms with Gasteiger partial charge in [-0.05, 0) is 29.8 Å². The lowest BCUT2D eigenvalue weighted by atomic mass is 10.1. The second-order valence-electron chi connectivity index (χ2n) is 6.46. The molecule has 160 valence electrons. The molecule has 2 aromatic heterocycles. The van der Waals surface area contributed by atoms with E-state index >= 15 is 0 Å². The minimum Gasteiger partial charge on any atom is -0.337 e. The Hall–Kier alpha value is -3.03. The smallest absolute Gasteiger partial charge is 0.337 e. The Bertz CT molecular complexity index is 1280. The summed E-state index contributed by atoms with van der Waals surface area (Å²) in [6, 6.07) is 4.97. The molecule has 0 unspecified atom stereocenters. The summed E-state index contributed by atoms with van der Waals surface area (Å²) < 4.78 is 67.6. The fraction of sp³-hybridized carbons (Fsp3) is 0.105. The van der Waals surface area contributed by atoms with Gasteiger partial charge in [-0.3, -0.25) is 9.89 Å². The van der Waals surface area contributed by atoms with Gasteiger partial charge >= 0.3 is 6.18 Å². The molecule has 0 spiro atoms. The number of amides is 1. The second kappa shape index (κ2) is 7.90. The molecule has 0 radical (unpaired) electrons. The van der Waals surface area contributed by atoms with Crippen LogP contribution in [0.4, 0.5) is 27.6 Å². The second-order valence-corrected chi connectivity index (χ2v) is 7.22. The molecule has 12 heteroatoms. The monoisotopic (exact) mass is 547 g/mol. The summed E-state index contributed by atoms with van der Waals surface area (Å²) in [6.45, 7) is 0. The third-order valence-electron chi connectivity index (χ3n) is 4.45. The van der Waals surface area contributed by atoms with Crippen molar-refractivity contribution in [3.8, 4) is 11.5 Å². The largest absolute Gasteiger partial charge is 0.416 e. The number of nitrogens with zero attached hydrogens (tertiary/aromatic N) is 2. The van der Waals surface area contributed by atoms with E-state index < -0.39 is 34.8 Å². The Morgan fingerprint density at radius 1 is 1.16 bits per heavy atom. The number of imidazole rings is 1. The lowest BCUT2D eigenvalue weighted by molar-refractivity contribution is -0.137. The van der Waals surface area contributed by atoms with E-state index in [1.165, 1.54) is 6.20 Å². The van der Waals surface area contributed by atoms with Crippen molar-refractivity contribution in [3.63, 3.8) is 0 Å². The first-order chi connectivity index (χ1) is 14.7. The first-order valence-electron chi connectivity index (χ1n) is 8.64. The number of carbonyl (C=O) groups is 1. The van der Waals surface area contributed by atoms with Gasteiger partial charge in [0.1, 0.15) is 22.9 Å². The topological polar surface area (TPSA) is 86.5 Å². The summed E-state index contributed by atoms with van der Waals surface area (Å²) in [5.74, 6) is -3.04. The normalized spacial score (nSPS) is 11.8. The van der Waals surface area contributed by atoms with Crippen LogP contribution < -0.4 is 5.32 Å². The fourth-order valence-electron chi connectivity index (χ4n) is 3.03. The molecule has 0 fully saturated rings. The van der Waals surface area contributed by atoms with Crippen LogP contribution in [0, 0.1) is 11.6 Å². The predicted octanol–water partition coefficient (Wildman–Crippen LogP) is 5.44. The van der Waals surface area contributed by atoms with Crippen molar-refractivity contribution in [3.05, 3.63) is 64.9 Å². The summed E-state index contributed by atoms with van der Waals surface area (Å²) >= 11 is 1.93. The summed E-state index contributed by atoms with van der Waals surface area (Å²) in [4.78, 5) is 19.5. The van der Waals surface area contributed by atoms with Gasteiger partial charge in [-0.2, -0.15) is 18.3 Å². The van der Waals surface area contributed by atoms with Gasteiger partial charge in [-0.25, -0.2) is 13.8 Å². The summed E-state index contributed by atoms with van der Waals surface area (Å²) in [5, 5.41) is 8.71. The van der Waals surface area contributed by atoms with Crippen molar-refractivity contribution in [1.82, 2.24) is 20.2 Å². The van der Waals surface area contributed by atoms with Crippen molar-refractivity contribution < 1.29 is 26.7 Å². The molecule has 2 heterocycles. The molecule has 4 aromatic rings. The Morgan fingerprint density at radius 2 is 1.87 bits per heavy atom. The van der Waals surface area contributed by atoms with Crippen LogP contribution >= 0.6 is 22.6 Å². The number of alkyl halides is 4. The molecule has 3 N–H and O–H groups in total. The maximum Gasteiger partial charge on any atom is 0.416 e. The van der Waals surface area contributed by atoms with Crippen molar-refractivity contribution >= 4 is 45.2 Å². The fourth-order valence-corrected chi connectivity index (χ4v) is 3.62. The molecule has 0 aliphatic heterocycles. The maximum atomic E-state index is 13.9. The molecule has 31 heavy (non-hydrogen) atoms. The number of fused-ring (bicyclic) bond motifs is 1. The number of hydrogen-bond acceptors (Lipinski definition) is 3. The molecule has 0 atom stereocenters. The third-order valence-corrected chi connectivity index (χ3v) is 5.27. The van der Waals surface area contributed by atoms with Crippen LogP contribution in [-0.2, 0) is 10.6 Å². The number of hydrogen-bond donors (Lipinski definition) is 3. The van der Waals surface area contributed by atoms with Gasteiger partial charge in [0.25, 0.3) is 5.91 Å². The minimum absolute atomic E-state index is 0.0405. The zero-order valence-electron chi connectivity index (χ0n) is 15.2. The third kappa shape index (κ3) is 3.98. The number of rotatable bonds is 4. The molecule has 6 nitrogen and oxygen atoms in total. The molecular formula is C19H11F5IN5O. The highest BCUT2D eigenvalue weighted by Gasteiger charge is 2.32. The molecule has 4 rings (SSSR count). The number of anilines is 1. The molecule has 1 amide bonds. The lowest BCUT2D eigenvalue weighted by Crippen LogP contribution is -2.16. The van der Waals surface area contributed by atoms with Crippen LogP contribution in [0.25, 0.3) is 22.6 Å². The van der Waals surface area contributed by atoms with Gasteiger partial charge in [-0.15, -0.1) is 0 Å². The van der Waals surface area contributed by atoms with Crippen LogP contribution in [0.5, 0.6) is 0 Å². The van der Waals surface area contributed by atoms with E-state index in [0.717, 1.165) is 30.3 Å². The SMILES string of the molecule is O=C(Nc1cn[nH]c1-c1nc2c(CI)cc(C(F)(F)F)cc2[nH]1)c1c(F)cccc1F. The standard InChI is InChI=1S/C19H11F5IN5O/c20-10-2-1-3-11(21)14(10)18(31)28-13-7-26-30-16(13)17-27-12-5-9(19(22,23)24)4-8(6-25)15(12)29-17/h1-5,7H,6H2,(H,26,30)(H,27,29)(H,28,31). The number of nitrogens with one attached hydrogen (secondary N) is 3. The Morgan fingerprint density at radius 3 is 2.52 bits per heavy atom. The van der Waals surface area contributed by atoms with Gasteiger partial charge in [0.2, 0.25) is 0 Å². The summed E-state index contributed by atoms with van der Waals surface area (Å²) in [5.41, 5.74) is -0.594. The number of halogens is 6. The number of aromatic amines is 2. The molecule has 0 saturated heterocycles. The highest BCUT2D eigenvalue weighted by molar-refractivity contribution is 14.1. The highest BCUT2D eigenvalue weighted by Crippen LogP contribution is 2.35. The van der Waals surface area contributed by atoms with Crippen LogP contribution in [-0.4, -0.2) is 26.1 Å². The van der Waals surface area contributed by atoms with Gasteiger partial charge in [0.15, 0.2) is 5.82 Å². The van der Waals surface area contributed by atoms with Crippen LogP contribution in [0.2, 0.25) is 0 Å². The molecule has 0 bridgehead atoms. The van der Waals surface area contributed by atoms with Crippen molar-refractivity contribution in [2.75, 3.05) is 5.32 Å². The highest BCUT2D eigenvalue weighted by atomic mass is 127. The molecule has 2 aromatic carbocycles. The van der Waals surface area contributed by atoms with Crippen LogP contribution in [0.1, 0.15) is 21.5 Å². The number of carbonyl (C=O) groups excluding carboxylic acids is 1. The summed E-state index contributed by atoms with van der Waals surface area (Å²) in [7, 11) is 0. The first-order valence-corrected chi connectivity index (χ1v) is 10.2. The van der Waals surface area contributed by atoms with E-state index in [-0.39, 0.29) is 27.1 Å². The number of aromatic nitrogens is 4. The maximum absolute atomic E-state index is 13.9. The Balaban J connectivity index is 1.74. The predicted molar refractivity (Wildman–Crippen MR) is 111 cm³/mol. The zero-order valence-corrected chi connectivity index (χ0v) is 17.4. The Labute approximate surface area is 184 Å². The van der Waals surface area contributed by atoms with Crippen LogP contribution in [0.3, 0.4) is 0 Å². The van der Waals surface area contributed by atoms with Gasteiger partial charge < -0.3 is 10.3 Å². The van der Waals surface area contributed by atoms with E-state index in [2.05, 4.69) is 25.5 Å². The number of benzene rings is 2. The van der Waals surface area contributed by atoms with Gasteiger partial charge in [0.05, 0.1) is 28.5 Å². The zero-order chi connectivity index (χ0) is 22.3. The van der Waals surface area contributed by atoms with E-state index in [9.17, 15) is 26.7 Å². The summed E-state index contributed by atoms with van der Waals surface area (Å²) in [6.07, 6.45) is -3.34. The van der Waals surface area contributed by atoms with Crippen molar-refractivity contribution in [2.24, 2.45) is 0 Å². The Kier molecular flexibility index (Phi) is 5.41. The first kappa shape index (κ1) is 21.2. The molecular weight excluding hydrogens is 536 g/mol. The molecule has 0 aliphatic rings. The van der Waals surface area contributed by atoms with Crippen LogP contribution in [0.15, 0.2) is 36.5 Å². The average Bonchev–Trinajstić information content (AvgIpc) is 3.32. The van der Waals surface area contributed by atoms with Gasteiger partial charge in [-0.1, -0.05) is 28.7 Å². The lowest BCUT2D eigenvalue weighted by Gasteiger charge is -2.08. The van der Waals surface area contributed by atoms with E-state index in [4.69, 9.17) is 0 Å². The van der Waals surface area contributed by atoms with Crippen molar-refractivity contribution in [1.29, 1.82) is 0 Å². The molecule has 0 saturated carbocycles. The quantitative estimate of drug-likeness (QED) is 0.181. The van der Waals surface area contributed by atoms with Crippen molar-refractivity contribution in [2.45, 2.75) is 10.6 Å². The average molecular weight is 547 g/mol. The minimum atomic E-state index is -4.53.